The maximum absolute atomic E-state index is 3.95. The first-order chi connectivity index (χ1) is 15.0. The van der Waals surface area contributed by atoms with Gasteiger partial charge in [0.15, 0.2) is 0 Å². The summed E-state index contributed by atoms with van der Waals surface area (Å²) in [5, 5.41) is 6.84. The summed E-state index contributed by atoms with van der Waals surface area (Å²) in [7, 11) is 0. The number of hydrogen-bond acceptors (Lipinski definition) is 2. The van der Waals surface area contributed by atoms with Gasteiger partial charge in [-0.15, -0.1) is 6.58 Å². The van der Waals surface area contributed by atoms with Crippen LogP contribution in [0.3, 0.4) is 0 Å². The molecule has 0 aliphatic heterocycles. The van der Waals surface area contributed by atoms with Crippen LogP contribution in [0, 0.1) is 6.92 Å². The Morgan fingerprint density at radius 1 is 1.06 bits per heavy atom. The van der Waals surface area contributed by atoms with Crippen molar-refractivity contribution in [3.8, 4) is 11.1 Å². The van der Waals surface area contributed by atoms with E-state index in [1.807, 2.05) is 18.4 Å². The zero-order chi connectivity index (χ0) is 22.5. The van der Waals surface area contributed by atoms with E-state index in [1.165, 1.54) is 22.3 Å². The van der Waals surface area contributed by atoms with Crippen LogP contribution in [0.1, 0.15) is 37.8 Å². The molecule has 0 fully saturated rings. The van der Waals surface area contributed by atoms with E-state index in [4.69, 9.17) is 0 Å². The van der Waals surface area contributed by atoms with Crippen molar-refractivity contribution in [2.75, 3.05) is 18.4 Å². The first kappa shape index (κ1) is 24.0. The van der Waals surface area contributed by atoms with Gasteiger partial charge in [-0.2, -0.15) is 0 Å². The topological polar surface area (TPSA) is 24.1 Å². The van der Waals surface area contributed by atoms with Crippen molar-refractivity contribution >= 4 is 11.8 Å². The highest BCUT2D eigenvalue weighted by atomic mass is 14.9. The van der Waals surface area contributed by atoms with Crippen LogP contribution in [0.25, 0.3) is 17.2 Å². The monoisotopic (exact) mass is 412 g/mol. The molecule has 0 aliphatic rings. The molecule has 0 atom stereocenters. The normalized spacial score (nSPS) is 11.8. The van der Waals surface area contributed by atoms with E-state index in [0.29, 0.717) is 0 Å². The maximum atomic E-state index is 3.95. The molecular weight excluding hydrogens is 376 g/mol. The first-order valence-electron chi connectivity index (χ1n) is 11.0. The van der Waals surface area contributed by atoms with Gasteiger partial charge >= 0.3 is 0 Å². The average molecular weight is 413 g/mol. The summed E-state index contributed by atoms with van der Waals surface area (Å²) in [5.74, 6) is 0. The summed E-state index contributed by atoms with van der Waals surface area (Å²) >= 11 is 0. The molecular formula is C29H36N2. The third-order valence-electron chi connectivity index (χ3n) is 4.94. The molecule has 162 valence electrons. The molecule has 0 aromatic heterocycles. The molecule has 0 heterocycles. The van der Waals surface area contributed by atoms with Gasteiger partial charge in [0, 0.05) is 24.3 Å². The Balaban J connectivity index is 2.18. The second-order valence-corrected chi connectivity index (χ2v) is 7.73. The SMILES string of the molecule is C=C/C=C(\C=C/NCCCC(=C)C)/C=C/c1ccc(NCC)c(-c2ccccc2C)c1. The Labute approximate surface area is 188 Å². The molecule has 2 N–H and O–H groups in total. The standard InChI is InChI=1S/C29H36N2/c1-6-11-25(19-21-30-20-10-12-23(3)4)15-16-26-17-18-29(31-7-2)28(22-26)27-14-9-8-13-24(27)5/h6,8-9,11,13-19,21-22,30-31H,1,3,7,10,12,20H2,2,4-5H3/b16-15+,21-19-,25-11-. The number of allylic oxidation sites excluding steroid dienone is 6. The third kappa shape index (κ3) is 8.18. The highest BCUT2D eigenvalue weighted by molar-refractivity contribution is 5.82. The van der Waals surface area contributed by atoms with Crippen LogP contribution in [0.15, 0.2) is 97.3 Å². The van der Waals surface area contributed by atoms with Crippen molar-refractivity contribution in [1.29, 1.82) is 0 Å². The van der Waals surface area contributed by atoms with Crippen LogP contribution in [-0.2, 0) is 0 Å². The minimum atomic E-state index is 0.893. The minimum absolute atomic E-state index is 0.893. The van der Waals surface area contributed by atoms with Crippen LogP contribution in [0.4, 0.5) is 5.69 Å². The van der Waals surface area contributed by atoms with Crippen LogP contribution in [0.5, 0.6) is 0 Å². The van der Waals surface area contributed by atoms with Gasteiger partial charge in [-0.05, 0) is 80.3 Å². The number of anilines is 1. The molecule has 0 spiro atoms. The van der Waals surface area contributed by atoms with E-state index < -0.39 is 0 Å². The molecule has 0 unspecified atom stereocenters. The Hall–Kier alpha value is -3.26. The lowest BCUT2D eigenvalue weighted by Gasteiger charge is -2.14. The molecule has 0 radical (unpaired) electrons. The molecule has 0 saturated heterocycles. The van der Waals surface area contributed by atoms with E-state index in [2.05, 4.69) is 105 Å². The molecule has 0 aliphatic carbocycles. The molecule has 0 amide bonds. The van der Waals surface area contributed by atoms with Crippen molar-refractivity contribution in [1.82, 2.24) is 5.32 Å². The summed E-state index contributed by atoms with van der Waals surface area (Å²) in [5.41, 5.74) is 8.41. The van der Waals surface area contributed by atoms with Crippen molar-refractivity contribution in [2.24, 2.45) is 0 Å². The lowest BCUT2D eigenvalue weighted by Crippen LogP contribution is -2.06. The van der Waals surface area contributed by atoms with Gasteiger partial charge in [-0.1, -0.05) is 66.8 Å². The molecule has 0 saturated carbocycles. The van der Waals surface area contributed by atoms with Crippen LogP contribution < -0.4 is 10.6 Å². The van der Waals surface area contributed by atoms with Gasteiger partial charge in [0.2, 0.25) is 0 Å². The minimum Gasteiger partial charge on any atom is -0.391 e. The fourth-order valence-corrected chi connectivity index (χ4v) is 3.33. The van der Waals surface area contributed by atoms with E-state index in [-0.39, 0.29) is 0 Å². The van der Waals surface area contributed by atoms with Crippen LogP contribution in [0.2, 0.25) is 0 Å². The Morgan fingerprint density at radius 3 is 2.58 bits per heavy atom. The summed E-state index contributed by atoms with van der Waals surface area (Å²) in [6.45, 7) is 16.0. The van der Waals surface area contributed by atoms with E-state index in [9.17, 15) is 0 Å². The number of hydrogen-bond donors (Lipinski definition) is 2. The third-order valence-corrected chi connectivity index (χ3v) is 4.94. The molecule has 2 heteroatoms. The fraction of sp³-hybridized carbons (Fsp3) is 0.241. The molecule has 0 bridgehead atoms. The molecule has 2 nitrogen and oxygen atoms in total. The second kappa shape index (κ2) is 13.1. The van der Waals surface area contributed by atoms with Crippen molar-refractivity contribution in [3.05, 3.63) is 108 Å². The number of aryl methyl sites for hydroxylation is 1. The molecule has 31 heavy (non-hydrogen) atoms. The zero-order valence-corrected chi connectivity index (χ0v) is 19.2. The van der Waals surface area contributed by atoms with E-state index in [1.54, 1.807) is 0 Å². The van der Waals surface area contributed by atoms with Gasteiger partial charge in [-0.3, -0.25) is 0 Å². The van der Waals surface area contributed by atoms with E-state index >= 15 is 0 Å². The molecule has 2 aromatic rings. The van der Waals surface area contributed by atoms with Gasteiger partial charge in [-0.25, -0.2) is 0 Å². The molecule has 2 rings (SSSR count). The first-order valence-corrected chi connectivity index (χ1v) is 11.0. The smallest absolute Gasteiger partial charge is 0.0420 e. The Kier molecular flexibility index (Phi) is 10.2. The molecule has 2 aromatic carbocycles. The van der Waals surface area contributed by atoms with Gasteiger partial charge in [0.05, 0.1) is 0 Å². The number of nitrogens with one attached hydrogen (secondary N) is 2. The predicted molar refractivity (Wildman–Crippen MR) is 139 cm³/mol. The quantitative estimate of drug-likeness (QED) is 0.212. The van der Waals surface area contributed by atoms with Crippen LogP contribution in [-0.4, -0.2) is 13.1 Å². The van der Waals surface area contributed by atoms with E-state index in [0.717, 1.165) is 42.8 Å². The summed E-state index contributed by atoms with van der Waals surface area (Å²) in [6, 6.07) is 15.1. The van der Waals surface area contributed by atoms with Gasteiger partial charge in [0.25, 0.3) is 0 Å². The highest BCUT2D eigenvalue weighted by Gasteiger charge is 2.07. The fourth-order valence-electron chi connectivity index (χ4n) is 3.33. The maximum Gasteiger partial charge on any atom is 0.0420 e. The van der Waals surface area contributed by atoms with Gasteiger partial charge < -0.3 is 10.6 Å². The summed E-state index contributed by atoms with van der Waals surface area (Å²) in [4.78, 5) is 0. The Morgan fingerprint density at radius 2 is 1.87 bits per heavy atom. The van der Waals surface area contributed by atoms with Crippen molar-refractivity contribution < 1.29 is 0 Å². The van der Waals surface area contributed by atoms with Crippen molar-refractivity contribution in [2.45, 2.75) is 33.6 Å². The van der Waals surface area contributed by atoms with Crippen LogP contribution >= 0.6 is 0 Å². The zero-order valence-electron chi connectivity index (χ0n) is 19.2. The van der Waals surface area contributed by atoms with Crippen molar-refractivity contribution in [3.63, 3.8) is 0 Å². The predicted octanol–water partition coefficient (Wildman–Crippen LogP) is 7.68. The summed E-state index contributed by atoms with van der Waals surface area (Å²) < 4.78 is 0. The lowest BCUT2D eigenvalue weighted by atomic mass is 9.96. The van der Waals surface area contributed by atoms with Gasteiger partial charge in [0.1, 0.15) is 0 Å². The average Bonchev–Trinajstić information content (AvgIpc) is 2.75. The Bertz CT molecular complexity index is 960. The number of benzene rings is 2. The summed E-state index contributed by atoms with van der Waals surface area (Å²) in [6.07, 6.45) is 14.3. The largest absolute Gasteiger partial charge is 0.391 e. The highest BCUT2D eigenvalue weighted by Crippen LogP contribution is 2.32. The second-order valence-electron chi connectivity index (χ2n) is 7.73. The number of rotatable bonds is 12. The lowest BCUT2D eigenvalue weighted by molar-refractivity contribution is 0.748.